The Balaban J connectivity index is 2.50. The van der Waals surface area contributed by atoms with Gasteiger partial charge >= 0.3 is 12.0 Å². The Kier molecular flexibility index (Phi) is 6.03. The Morgan fingerprint density at radius 2 is 1.95 bits per heavy atom. The number of amides is 2. The maximum absolute atomic E-state index is 11.7. The van der Waals surface area contributed by atoms with Gasteiger partial charge in [0, 0.05) is 6.54 Å². The molecule has 1 aromatic rings. The number of carboxylic acid groups (broad SMARTS) is 1. The maximum atomic E-state index is 11.7. The molecule has 110 valence electrons. The molecule has 0 spiro atoms. The number of carbonyl (C=O) groups is 2. The van der Waals surface area contributed by atoms with Gasteiger partial charge in [-0.15, -0.1) is 0 Å². The largest absolute Gasteiger partial charge is 0.480 e. The van der Waals surface area contributed by atoms with E-state index in [1.54, 1.807) is 0 Å². The summed E-state index contributed by atoms with van der Waals surface area (Å²) in [6, 6.07) is 4.67. The number of nitrogens with one attached hydrogen (secondary N) is 2. The SMILES string of the molecule is CCCC(NC(=O)NCc1ccc(C)c(C)c1)C(=O)O. The van der Waals surface area contributed by atoms with E-state index in [9.17, 15) is 9.59 Å². The van der Waals surface area contributed by atoms with Crippen LogP contribution in [-0.2, 0) is 11.3 Å². The Labute approximate surface area is 119 Å². The molecular weight excluding hydrogens is 256 g/mol. The van der Waals surface area contributed by atoms with E-state index in [2.05, 4.69) is 10.6 Å². The van der Waals surface area contributed by atoms with E-state index in [4.69, 9.17) is 5.11 Å². The third-order valence-corrected chi connectivity index (χ3v) is 3.21. The lowest BCUT2D eigenvalue weighted by Gasteiger charge is -2.14. The van der Waals surface area contributed by atoms with E-state index in [1.807, 2.05) is 39.0 Å². The fourth-order valence-corrected chi connectivity index (χ4v) is 1.85. The number of hydrogen-bond donors (Lipinski definition) is 3. The predicted octanol–water partition coefficient (Wildman–Crippen LogP) is 2.36. The smallest absolute Gasteiger partial charge is 0.326 e. The quantitative estimate of drug-likeness (QED) is 0.747. The molecule has 0 aliphatic rings. The Morgan fingerprint density at radius 1 is 1.25 bits per heavy atom. The minimum atomic E-state index is -1.01. The zero-order valence-corrected chi connectivity index (χ0v) is 12.2. The summed E-state index contributed by atoms with van der Waals surface area (Å²) in [5, 5.41) is 14.1. The van der Waals surface area contributed by atoms with Gasteiger partial charge < -0.3 is 15.7 Å². The topological polar surface area (TPSA) is 78.4 Å². The van der Waals surface area contributed by atoms with Crippen LogP contribution in [0.3, 0.4) is 0 Å². The highest BCUT2D eigenvalue weighted by atomic mass is 16.4. The summed E-state index contributed by atoms with van der Waals surface area (Å²) in [4.78, 5) is 22.6. The summed E-state index contributed by atoms with van der Waals surface area (Å²) in [7, 11) is 0. The molecular formula is C15H22N2O3. The normalized spacial score (nSPS) is 11.8. The summed E-state index contributed by atoms with van der Waals surface area (Å²) in [6.07, 6.45) is 1.13. The first-order valence-electron chi connectivity index (χ1n) is 6.77. The molecule has 1 unspecified atom stereocenters. The molecule has 0 bridgehead atoms. The zero-order valence-electron chi connectivity index (χ0n) is 12.2. The van der Waals surface area contributed by atoms with Crippen molar-refractivity contribution in [2.24, 2.45) is 0 Å². The van der Waals surface area contributed by atoms with Gasteiger partial charge in [0.15, 0.2) is 0 Å². The number of carboxylic acids is 1. The van der Waals surface area contributed by atoms with Crippen LogP contribution < -0.4 is 10.6 Å². The number of aliphatic carboxylic acids is 1. The third kappa shape index (κ3) is 4.91. The molecule has 0 aromatic heterocycles. The molecule has 0 fully saturated rings. The predicted molar refractivity (Wildman–Crippen MR) is 77.6 cm³/mol. The first-order valence-corrected chi connectivity index (χ1v) is 6.77. The van der Waals surface area contributed by atoms with Gasteiger partial charge in [-0.1, -0.05) is 31.5 Å². The van der Waals surface area contributed by atoms with Crippen molar-refractivity contribution in [3.63, 3.8) is 0 Å². The van der Waals surface area contributed by atoms with Crippen LogP contribution in [0.4, 0.5) is 4.79 Å². The molecule has 0 heterocycles. The molecule has 2 amide bonds. The highest BCUT2D eigenvalue weighted by Gasteiger charge is 2.18. The number of rotatable bonds is 6. The van der Waals surface area contributed by atoms with Crippen LogP contribution in [0.1, 0.15) is 36.5 Å². The van der Waals surface area contributed by atoms with Crippen molar-refractivity contribution in [3.05, 3.63) is 34.9 Å². The van der Waals surface area contributed by atoms with Crippen molar-refractivity contribution in [2.75, 3.05) is 0 Å². The van der Waals surface area contributed by atoms with E-state index in [1.165, 1.54) is 11.1 Å². The van der Waals surface area contributed by atoms with E-state index >= 15 is 0 Å². The molecule has 1 aromatic carbocycles. The van der Waals surface area contributed by atoms with Crippen LogP contribution in [0.5, 0.6) is 0 Å². The molecule has 0 saturated heterocycles. The number of benzene rings is 1. The van der Waals surface area contributed by atoms with Crippen LogP contribution in [0.25, 0.3) is 0 Å². The molecule has 1 atom stereocenters. The molecule has 3 N–H and O–H groups in total. The second-order valence-corrected chi connectivity index (χ2v) is 4.93. The number of carbonyl (C=O) groups excluding carboxylic acids is 1. The summed E-state index contributed by atoms with van der Waals surface area (Å²) >= 11 is 0. The fraction of sp³-hybridized carbons (Fsp3) is 0.467. The molecule has 5 nitrogen and oxygen atoms in total. The van der Waals surface area contributed by atoms with Crippen molar-refractivity contribution in [2.45, 2.75) is 46.2 Å². The lowest BCUT2D eigenvalue weighted by atomic mass is 10.1. The minimum absolute atomic E-state index is 0.380. The second kappa shape index (κ2) is 7.53. The van der Waals surface area contributed by atoms with Gasteiger partial charge in [-0.2, -0.15) is 0 Å². The average Bonchev–Trinajstić information content (AvgIpc) is 2.39. The van der Waals surface area contributed by atoms with Crippen molar-refractivity contribution >= 4 is 12.0 Å². The molecule has 20 heavy (non-hydrogen) atoms. The molecule has 5 heteroatoms. The summed E-state index contributed by atoms with van der Waals surface area (Å²) < 4.78 is 0. The van der Waals surface area contributed by atoms with Crippen LogP contribution in [0.2, 0.25) is 0 Å². The van der Waals surface area contributed by atoms with Gasteiger partial charge in [-0.3, -0.25) is 0 Å². The van der Waals surface area contributed by atoms with Crippen molar-refractivity contribution in [1.82, 2.24) is 10.6 Å². The first-order chi connectivity index (χ1) is 9.43. The van der Waals surface area contributed by atoms with E-state index in [0.29, 0.717) is 19.4 Å². The van der Waals surface area contributed by atoms with Crippen molar-refractivity contribution in [3.8, 4) is 0 Å². The number of aryl methyl sites for hydroxylation is 2. The molecule has 0 saturated carbocycles. The van der Waals surface area contributed by atoms with Crippen LogP contribution in [0, 0.1) is 13.8 Å². The summed E-state index contributed by atoms with van der Waals surface area (Å²) in [6.45, 7) is 6.30. The lowest BCUT2D eigenvalue weighted by molar-refractivity contribution is -0.139. The van der Waals surface area contributed by atoms with Gasteiger partial charge in [-0.25, -0.2) is 9.59 Å². The van der Waals surface area contributed by atoms with Gasteiger partial charge in [0.25, 0.3) is 0 Å². The summed E-state index contributed by atoms with van der Waals surface area (Å²) in [5.41, 5.74) is 3.36. The van der Waals surface area contributed by atoms with E-state index < -0.39 is 18.0 Å². The lowest BCUT2D eigenvalue weighted by Crippen LogP contribution is -2.45. The van der Waals surface area contributed by atoms with Crippen LogP contribution in [0.15, 0.2) is 18.2 Å². The van der Waals surface area contributed by atoms with Crippen molar-refractivity contribution in [1.29, 1.82) is 0 Å². The highest BCUT2D eigenvalue weighted by Crippen LogP contribution is 2.09. The first kappa shape index (κ1) is 16.0. The second-order valence-electron chi connectivity index (χ2n) is 4.93. The highest BCUT2D eigenvalue weighted by molar-refractivity contribution is 5.82. The van der Waals surface area contributed by atoms with Crippen LogP contribution >= 0.6 is 0 Å². The Morgan fingerprint density at radius 3 is 2.50 bits per heavy atom. The number of hydrogen-bond acceptors (Lipinski definition) is 2. The van der Waals surface area contributed by atoms with Crippen LogP contribution in [-0.4, -0.2) is 23.1 Å². The summed E-state index contributed by atoms with van der Waals surface area (Å²) in [5.74, 6) is -1.01. The van der Waals surface area contributed by atoms with E-state index in [-0.39, 0.29) is 0 Å². The van der Waals surface area contributed by atoms with Gasteiger partial charge in [-0.05, 0) is 37.0 Å². The molecule has 0 aliphatic heterocycles. The molecule has 1 rings (SSSR count). The number of urea groups is 1. The Bertz CT molecular complexity index is 486. The average molecular weight is 278 g/mol. The maximum Gasteiger partial charge on any atom is 0.326 e. The third-order valence-electron chi connectivity index (χ3n) is 3.21. The zero-order chi connectivity index (χ0) is 15.1. The monoisotopic (exact) mass is 278 g/mol. The standard InChI is InChI=1S/C15H22N2O3/c1-4-5-13(14(18)19)17-15(20)16-9-12-7-6-10(2)11(3)8-12/h6-8,13H,4-5,9H2,1-3H3,(H,18,19)(H2,16,17,20). The van der Waals surface area contributed by atoms with Gasteiger partial charge in [0.05, 0.1) is 0 Å². The van der Waals surface area contributed by atoms with Gasteiger partial charge in [0.2, 0.25) is 0 Å². The van der Waals surface area contributed by atoms with Crippen molar-refractivity contribution < 1.29 is 14.7 Å². The molecule has 0 aliphatic carbocycles. The minimum Gasteiger partial charge on any atom is -0.480 e. The van der Waals surface area contributed by atoms with Gasteiger partial charge in [0.1, 0.15) is 6.04 Å². The molecule has 0 radical (unpaired) electrons. The Hall–Kier alpha value is -2.04. The van der Waals surface area contributed by atoms with E-state index in [0.717, 1.165) is 5.56 Å². The fourth-order valence-electron chi connectivity index (χ4n) is 1.85.